The third-order valence-corrected chi connectivity index (χ3v) is 4.56. The summed E-state index contributed by atoms with van der Waals surface area (Å²) in [4.78, 5) is 16.0. The van der Waals surface area contributed by atoms with Crippen LogP contribution >= 0.6 is 0 Å². The fraction of sp³-hybridized carbons (Fsp3) is 0.217. The summed E-state index contributed by atoms with van der Waals surface area (Å²) in [7, 11) is 0. The van der Waals surface area contributed by atoms with Gasteiger partial charge in [-0.15, -0.1) is 0 Å². The van der Waals surface area contributed by atoms with E-state index in [0.717, 1.165) is 17.7 Å². The van der Waals surface area contributed by atoms with Crippen LogP contribution in [0.5, 0.6) is 0 Å². The molecular formula is C23H19F5N2O2. The molecule has 1 heterocycles. The average Bonchev–Trinajstić information content (AvgIpc) is 2.74. The number of esters is 1. The molecule has 1 aromatic heterocycles. The van der Waals surface area contributed by atoms with Crippen LogP contribution in [0.25, 0.3) is 11.1 Å². The van der Waals surface area contributed by atoms with E-state index in [1.165, 1.54) is 37.3 Å². The number of nitrogens with zero attached hydrogens (tertiary/aromatic N) is 1. The minimum atomic E-state index is -4.94. The third kappa shape index (κ3) is 5.60. The number of aromatic nitrogens is 1. The van der Waals surface area contributed by atoms with Crippen LogP contribution in [0.15, 0.2) is 54.6 Å². The van der Waals surface area contributed by atoms with Crippen molar-refractivity contribution in [3.8, 4) is 11.1 Å². The Morgan fingerprint density at radius 3 is 2.16 bits per heavy atom. The molecule has 3 aromatic rings. The molecule has 3 rings (SSSR count). The van der Waals surface area contributed by atoms with Crippen LogP contribution in [-0.2, 0) is 17.3 Å². The second-order valence-electron chi connectivity index (χ2n) is 6.81. The van der Waals surface area contributed by atoms with E-state index in [4.69, 9.17) is 4.74 Å². The SMILES string of the molecule is CCOC(=O)c1c(-c2ccc(F)cc2)cc(NCCc2ccc(F)cc2)nc1C(F)(F)F. The Hall–Kier alpha value is -3.49. The van der Waals surface area contributed by atoms with Crippen molar-refractivity contribution in [3.63, 3.8) is 0 Å². The number of nitrogens with one attached hydrogen (secondary N) is 1. The van der Waals surface area contributed by atoms with Crippen LogP contribution in [0.3, 0.4) is 0 Å². The number of hydrogen-bond donors (Lipinski definition) is 1. The number of rotatable bonds is 7. The molecule has 1 N–H and O–H groups in total. The van der Waals surface area contributed by atoms with E-state index in [0.29, 0.717) is 6.42 Å². The Balaban J connectivity index is 2.02. The van der Waals surface area contributed by atoms with Gasteiger partial charge in [0.15, 0.2) is 5.69 Å². The molecule has 0 aliphatic rings. The van der Waals surface area contributed by atoms with Crippen LogP contribution in [0, 0.1) is 11.6 Å². The lowest BCUT2D eigenvalue weighted by Crippen LogP contribution is -2.20. The number of carbonyl (C=O) groups excluding carboxylic acids is 1. The van der Waals surface area contributed by atoms with E-state index >= 15 is 0 Å². The molecule has 0 saturated carbocycles. The zero-order valence-electron chi connectivity index (χ0n) is 17.0. The standard InChI is InChI=1S/C23H19F5N2O2/c1-2-32-22(31)20-18(15-5-9-17(25)10-6-15)13-19(30-21(20)23(26,27)28)29-12-11-14-3-7-16(24)8-4-14/h3-10,13H,2,11-12H2,1H3,(H,29,30). The minimum absolute atomic E-state index is 0.0879. The van der Waals surface area contributed by atoms with E-state index in [1.807, 2.05) is 0 Å². The molecule has 0 radical (unpaired) electrons. The average molecular weight is 450 g/mol. The number of benzene rings is 2. The minimum Gasteiger partial charge on any atom is -0.462 e. The molecule has 0 aliphatic carbocycles. The van der Waals surface area contributed by atoms with Crippen molar-refractivity contribution in [2.45, 2.75) is 19.5 Å². The molecule has 0 amide bonds. The molecule has 168 valence electrons. The van der Waals surface area contributed by atoms with E-state index in [-0.39, 0.29) is 30.1 Å². The lowest BCUT2D eigenvalue weighted by molar-refractivity contribution is -0.141. The summed E-state index contributed by atoms with van der Waals surface area (Å²) in [6, 6.07) is 11.7. The fourth-order valence-electron chi connectivity index (χ4n) is 3.09. The summed E-state index contributed by atoms with van der Waals surface area (Å²) >= 11 is 0. The Kier molecular flexibility index (Phi) is 7.07. The van der Waals surface area contributed by atoms with Crippen LogP contribution in [-0.4, -0.2) is 24.1 Å². The Morgan fingerprint density at radius 1 is 1.00 bits per heavy atom. The highest BCUT2D eigenvalue weighted by atomic mass is 19.4. The summed E-state index contributed by atoms with van der Waals surface area (Å²) in [6.45, 7) is 1.55. The maximum Gasteiger partial charge on any atom is 0.434 e. The quantitative estimate of drug-likeness (QED) is 0.361. The molecule has 4 nitrogen and oxygen atoms in total. The third-order valence-electron chi connectivity index (χ3n) is 4.56. The molecule has 0 atom stereocenters. The van der Waals surface area contributed by atoms with Crippen molar-refractivity contribution in [1.29, 1.82) is 0 Å². The van der Waals surface area contributed by atoms with Gasteiger partial charge >= 0.3 is 12.1 Å². The molecule has 0 spiro atoms. The number of halogens is 5. The van der Waals surface area contributed by atoms with Gasteiger partial charge in [-0.1, -0.05) is 24.3 Å². The second-order valence-corrected chi connectivity index (χ2v) is 6.81. The largest absolute Gasteiger partial charge is 0.462 e. The normalized spacial score (nSPS) is 11.3. The monoisotopic (exact) mass is 450 g/mol. The van der Waals surface area contributed by atoms with Gasteiger partial charge in [0, 0.05) is 12.1 Å². The van der Waals surface area contributed by atoms with Crippen LogP contribution in [0.2, 0.25) is 0 Å². The zero-order valence-corrected chi connectivity index (χ0v) is 17.0. The zero-order chi connectivity index (χ0) is 23.3. The van der Waals surface area contributed by atoms with Crippen LogP contribution < -0.4 is 5.32 Å². The van der Waals surface area contributed by atoms with Crippen LogP contribution in [0.4, 0.5) is 27.8 Å². The van der Waals surface area contributed by atoms with Gasteiger partial charge in [0.1, 0.15) is 17.5 Å². The molecular weight excluding hydrogens is 431 g/mol. The summed E-state index contributed by atoms with van der Waals surface area (Å²) in [5.74, 6) is -2.26. The first-order chi connectivity index (χ1) is 15.2. The molecule has 0 aliphatic heterocycles. The van der Waals surface area contributed by atoms with Crippen molar-refractivity contribution in [2.24, 2.45) is 0 Å². The van der Waals surface area contributed by atoms with Crippen molar-refractivity contribution >= 4 is 11.8 Å². The Bertz CT molecular complexity index is 1080. The van der Waals surface area contributed by atoms with Gasteiger partial charge < -0.3 is 10.1 Å². The van der Waals surface area contributed by atoms with Crippen molar-refractivity contribution in [1.82, 2.24) is 4.98 Å². The second kappa shape index (κ2) is 9.76. The molecule has 2 aromatic carbocycles. The van der Waals surface area contributed by atoms with E-state index in [1.54, 1.807) is 12.1 Å². The first-order valence-corrected chi connectivity index (χ1v) is 9.72. The molecule has 0 unspecified atom stereocenters. The topological polar surface area (TPSA) is 51.2 Å². The van der Waals surface area contributed by atoms with Gasteiger partial charge in [-0.05, 0) is 54.8 Å². The predicted molar refractivity (Wildman–Crippen MR) is 109 cm³/mol. The predicted octanol–water partition coefficient (Wildman–Crippen LogP) is 5.88. The number of pyridine rings is 1. The van der Waals surface area contributed by atoms with Gasteiger partial charge in [0.2, 0.25) is 0 Å². The van der Waals surface area contributed by atoms with Crippen LogP contribution in [0.1, 0.15) is 28.5 Å². The van der Waals surface area contributed by atoms with Gasteiger partial charge in [0.25, 0.3) is 0 Å². The molecule has 0 saturated heterocycles. The number of alkyl halides is 3. The molecule has 0 bridgehead atoms. The first kappa shape index (κ1) is 23.2. The number of ether oxygens (including phenoxy) is 1. The molecule has 32 heavy (non-hydrogen) atoms. The summed E-state index contributed by atoms with van der Waals surface area (Å²) in [5.41, 5.74) is -1.26. The number of carbonyl (C=O) groups is 1. The van der Waals surface area contributed by atoms with Crippen molar-refractivity contribution in [3.05, 3.63) is 83.1 Å². The Morgan fingerprint density at radius 2 is 1.59 bits per heavy atom. The molecule has 0 fully saturated rings. The highest BCUT2D eigenvalue weighted by molar-refractivity contribution is 5.99. The lowest BCUT2D eigenvalue weighted by Gasteiger charge is -2.18. The number of anilines is 1. The fourth-order valence-corrected chi connectivity index (χ4v) is 3.09. The maximum absolute atomic E-state index is 13.8. The first-order valence-electron chi connectivity index (χ1n) is 9.72. The van der Waals surface area contributed by atoms with E-state index < -0.39 is 35.0 Å². The lowest BCUT2D eigenvalue weighted by atomic mass is 9.98. The van der Waals surface area contributed by atoms with Crippen molar-refractivity contribution in [2.75, 3.05) is 18.5 Å². The Labute approximate surface area is 181 Å². The summed E-state index contributed by atoms with van der Waals surface area (Å²) in [6.07, 6.45) is -4.54. The summed E-state index contributed by atoms with van der Waals surface area (Å²) < 4.78 is 72.7. The van der Waals surface area contributed by atoms with Gasteiger partial charge in [-0.2, -0.15) is 13.2 Å². The van der Waals surface area contributed by atoms with E-state index in [2.05, 4.69) is 10.3 Å². The van der Waals surface area contributed by atoms with Gasteiger partial charge in [-0.25, -0.2) is 18.6 Å². The molecule has 9 heteroatoms. The highest BCUT2D eigenvalue weighted by Crippen LogP contribution is 2.37. The summed E-state index contributed by atoms with van der Waals surface area (Å²) in [5, 5.41) is 2.81. The van der Waals surface area contributed by atoms with E-state index in [9.17, 15) is 26.7 Å². The maximum atomic E-state index is 13.8. The smallest absolute Gasteiger partial charge is 0.434 e. The van der Waals surface area contributed by atoms with Crippen molar-refractivity contribution < 1.29 is 31.5 Å². The van der Waals surface area contributed by atoms with Gasteiger partial charge in [0.05, 0.1) is 12.2 Å². The van der Waals surface area contributed by atoms with Gasteiger partial charge in [-0.3, -0.25) is 0 Å². The number of hydrogen-bond acceptors (Lipinski definition) is 4. The highest BCUT2D eigenvalue weighted by Gasteiger charge is 2.40.